The summed E-state index contributed by atoms with van der Waals surface area (Å²) in [7, 11) is 0. The number of furan rings is 1. The monoisotopic (exact) mass is 310 g/mol. The SMILES string of the molecule is Cc1c(C(=O)O)oc2c1-c1nn(Cc3ncccn3)cc1CC2. The standard InChI is InChI=1S/C16H14N4O3/c1-9-13-11(23-15(9)16(21)22)4-3-10-7-20(19-14(10)13)8-12-17-5-2-6-18-12/h2,5-7H,3-4,8H2,1H3,(H,21,22). The van der Waals surface area contributed by atoms with Crippen molar-refractivity contribution in [3.63, 3.8) is 0 Å². The summed E-state index contributed by atoms with van der Waals surface area (Å²) < 4.78 is 7.30. The topological polar surface area (TPSA) is 94.0 Å². The predicted octanol–water partition coefficient (Wildman–Crippen LogP) is 2.09. The van der Waals surface area contributed by atoms with Gasteiger partial charge in [0.2, 0.25) is 5.76 Å². The van der Waals surface area contributed by atoms with E-state index < -0.39 is 5.97 Å². The van der Waals surface area contributed by atoms with Crippen molar-refractivity contribution in [2.75, 3.05) is 0 Å². The molecule has 1 aliphatic rings. The minimum absolute atomic E-state index is 0.00351. The van der Waals surface area contributed by atoms with Gasteiger partial charge in [0.25, 0.3) is 0 Å². The van der Waals surface area contributed by atoms with Gasteiger partial charge in [0.05, 0.1) is 5.69 Å². The average molecular weight is 310 g/mol. The molecule has 0 aromatic carbocycles. The zero-order valence-corrected chi connectivity index (χ0v) is 12.5. The van der Waals surface area contributed by atoms with Gasteiger partial charge in [-0.05, 0) is 25.0 Å². The van der Waals surface area contributed by atoms with E-state index in [1.54, 1.807) is 30.1 Å². The van der Waals surface area contributed by atoms with Crippen LogP contribution < -0.4 is 0 Å². The van der Waals surface area contributed by atoms with Crippen LogP contribution in [0.3, 0.4) is 0 Å². The number of aromatic nitrogens is 4. The van der Waals surface area contributed by atoms with Crippen molar-refractivity contribution in [3.8, 4) is 11.3 Å². The van der Waals surface area contributed by atoms with E-state index in [2.05, 4.69) is 15.1 Å². The molecular formula is C16H14N4O3. The second-order valence-corrected chi connectivity index (χ2v) is 5.53. The summed E-state index contributed by atoms with van der Waals surface area (Å²) in [5.74, 6) is 0.343. The molecule has 0 unspecified atom stereocenters. The van der Waals surface area contributed by atoms with E-state index in [0.717, 1.165) is 23.2 Å². The van der Waals surface area contributed by atoms with Gasteiger partial charge in [-0.3, -0.25) is 4.68 Å². The normalized spacial score (nSPS) is 12.7. The lowest BCUT2D eigenvalue weighted by Gasteiger charge is -2.09. The minimum Gasteiger partial charge on any atom is -0.475 e. The van der Waals surface area contributed by atoms with Crippen LogP contribution in [-0.2, 0) is 19.4 Å². The van der Waals surface area contributed by atoms with E-state index in [-0.39, 0.29) is 5.76 Å². The third kappa shape index (κ3) is 2.21. The van der Waals surface area contributed by atoms with Crippen LogP contribution in [0.15, 0.2) is 29.1 Å². The summed E-state index contributed by atoms with van der Waals surface area (Å²) >= 11 is 0. The van der Waals surface area contributed by atoms with Crippen LogP contribution in [0, 0.1) is 6.92 Å². The number of fused-ring (bicyclic) bond motifs is 3. The zero-order chi connectivity index (χ0) is 16.0. The molecule has 1 aliphatic carbocycles. The molecule has 4 rings (SSSR count). The Morgan fingerprint density at radius 3 is 2.87 bits per heavy atom. The third-order valence-corrected chi connectivity index (χ3v) is 4.03. The molecule has 0 amide bonds. The molecule has 0 bridgehead atoms. The van der Waals surface area contributed by atoms with Gasteiger partial charge >= 0.3 is 5.97 Å². The molecule has 1 N–H and O–H groups in total. The molecule has 3 aromatic heterocycles. The highest BCUT2D eigenvalue weighted by atomic mass is 16.4. The fourth-order valence-corrected chi connectivity index (χ4v) is 3.00. The Hall–Kier alpha value is -2.96. The number of rotatable bonds is 3. The number of hydrogen-bond donors (Lipinski definition) is 1. The van der Waals surface area contributed by atoms with Gasteiger partial charge in [0.1, 0.15) is 18.1 Å². The maximum atomic E-state index is 11.3. The molecule has 0 fully saturated rings. The molecule has 23 heavy (non-hydrogen) atoms. The van der Waals surface area contributed by atoms with E-state index in [0.29, 0.717) is 30.1 Å². The predicted molar refractivity (Wildman–Crippen MR) is 80.2 cm³/mol. The molecule has 0 aliphatic heterocycles. The Morgan fingerprint density at radius 1 is 1.35 bits per heavy atom. The summed E-state index contributed by atoms with van der Waals surface area (Å²) in [5.41, 5.74) is 3.34. The van der Waals surface area contributed by atoms with Gasteiger partial charge in [0.15, 0.2) is 0 Å². The first-order valence-corrected chi connectivity index (χ1v) is 7.31. The summed E-state index contributed by atoms with van der Waals surface area (Å²) in [6, 6.07) is 1.77. The van der Waals surface area contributed by atoms with Gasteiger partial charge in [0, 0.05) is 36.1 Å². The quantitative estimate of drug-likeness (QED) is 0.796. The number of carbonyl (C=O) groups is 1. The molecule has 7 nitrogen and oxygen atoms in total. The highest BCUT2D eigenvalue weighted by Gasteiger charge is 2.29. The van der Waals surface area contributed by atoms with Gasteiger partial charge in [-0.2, -0.15) is 5.10 Å². The van der Waals surface area contributed by atoms with E-state index in [1.165, 1.54) is 0 Å². The summed E-state index contributed by atoms with van der Waals surface area (Å²) in [5, 5.41) is 13.8. The molecule has 7 heteroatoms. The first-order valence-electron chi connectivity index (χ1n) is 7.31. The van der Waals surface area contributed by atoms with Crippen LogP contribution in [0.2, 0.25) is 0 Å². The number of aryl methyl sites for hydroxylation is 2. The van der Waals surface area contributed by atoms with Gasteiger partial charge in [-0.15, -0.1) is 0 Å². The summed E-state index contributed by atoms with van der Waals surface area (Å²) in [4.78, 5) is 19.7. The number of aromatic carboxylic acids is 1. The lowest BCUT2D eigenvalue weighted by Crippen LogP contribution is -2.04. The van der Waals surface area contributed by atoms with Crippen LogP contribution in [0.25, 0.3) is 11.3 Å². The largest absolute Gasteiger partial charge is 0.475 e. The van der Waals surface area contributed by atoms with Gasteiger partial charge in [-0.1, -0.05) is 0 Å². The van der Waals surface area contributed by atoms with Gasteiger partial charge < -0.3 is 9.52 Å². The second kappa shape index (κ2) is 5.05. The lowest BCUT2D eigenvalue weighted by molar-refractivity contribution is 0.0659. The van der Waals surface area contributed by atoms with Crippen molar-refractivity contribution in [1.29, 1.82) is 0 Å². The average Bonchev–Trinajstić information content (AvgIpc) is 3.08. The first-order chi connectivity index (χ1) is 11.1. The Labute approximate surface area is 131 Å². The van der Waals surface area contributed by atoms with Crippen molar-refractivity contribution in [2.24, 2.45) is 0 Å². The highest BCUT2D eigenvalue weighted by molar-refractivity contribution is 5.90. The Bertz CT molecular complexity index is 896. The molecule has 0 atom stereocenters. The fourth-order valence-electron chi connectivity index (χ4n) is 3.00. The maximum absolute atomic E-state index is 11.3. The van der Waals surface area contributed by atoms with Crippen LogP contribution in [0.5, 0.6) is 0 Å². The van der Waals surface area contributed by atoms with E-state index in [1.807, 2.05) is 6.20 Å². The molecule has 0 spiro atoms. The second-order valence-electron chi connectivity index (χ2n) is 5.53. The molecule has 0 saturated heterocycles. The summed E-state index contributed by atoms with van der Waals surface area (Å²) in [6.07, 6.45) is 6.84. The smallest absolute Gasteiger partial charge is 0.372 e. The third-order valence-electron chi connectivity index (χ3n) is 4.03. The van der Waals surface area contributed by atoms with E-state index in [9.17, 15) is 9.90 Å². The lowest BCUT2D eigenvalue weighted by atomic mass is 9.94. The number of hydrogen-bond acceptors (Lipinski definition) is 5. The maximum Gasteiger partial charge on any atom is 0.372 e. The van der Waals surface area contributed by atoms with Crippen molar-refractivity contribution in [1.82, 2.24) is 19.7 Å². The van der Waals surface area contributed by atoms with Crippen LogP contribution in [0.4, 0.5) is 0 Å². The van der Waals surface area contributed by atoms with Crippen LogP contribution in [0.1, 0.15) is 33.3 Å². The van der Waals surface area contributed by atoms with Crippen LogP contribution in [-0.4, -0.2) is 30.8 Å². The van der Waals surface area contributed by atoms with Gasteiger partial charge in [-0.25, -0.2) is 14.8 Å². The Balaban J connectivity index is 1.75. The fraction of sp³-hybridized carbons (Fsp3) is 0.250. The molecule has 0 radical (unpaired) electrons. The highest BCUT2D eigenvalue weighted by Crippen LogP contribution is 2.38. The minimum atomic E-state index is -1.05. The van der Waals surface area contributed by atoms with E-state index in [4.69, 9.17) is 4.42 Å². The summed E-state index contributed by atoms with van der Waals surface area (Å²) in [6.45, 7) is 2.24. The Kier molecular flexibility index (Phi) is 3.00. The van der Waals surface area contributed by atoms with Crippen molar-refractivity contribution in [2.45, 2.75) is 26.3 Å². The first kappa shape index (κ1) is 13.7. The number of nitrogens with zero attached hydrogens (tertiary/aromatic N) is 4. The molecule has 116 valence electrons. The van der Waals surface area contributed by atoms with E-state index >= 15 is 0 Å². The molecule has 3 heterocycles. The molecule has 0 saturated carbocycles. The molecule has 3 aromatic rings. The van der Waals surface area contributed by atoms with Crippen molar-refractivity contribution < 1.29 is 14.3 Å². The number of carboxylic acids is 1. The Morgan fingerprint density at radius 2 is 2.13 bits per heavy atom. The van der Waals surface area contributed by atoms with Crippen molar-refractivity contribution >= 4 is 5.97 Å². The van der Waals surface area contributed by atoms with Crippen LogP contribution >= 0.6 is 0 Å². The number of carboxylic acid groups (broad SMARTS) is 1. The zero-order valence-electron chi connectivity index (χ0n) is 12.5. The molecular weight excluding hydrogens is 296 g/mol. The van der Waals surface area contributed by atoms with Crippen molar-refractivity contribution in [3.05, 3.63) is 53.1 Å².